The highest BCUT2D eigenvalue weighted by Crippen LogP contribution is 2.20. The first-order valence-corrected chi connectivity index (χ1v) is 5.63. The molecule has 0 aromatic carbocycles. The second-order valence-electron chi connectivity index (χ2n) is 3.88. The van der Waals surface area contributed by atoms with Crippen molar-refractivity contribution in [1.29, 1.82) is 0 Å². The monoisotopic (exact) mass is 285 g/mol. The standard InChI is InChI=1S/C12H15N3O3.ClH/c1-13-5-6-15(2)12(16)9-8-11(18-14-9)10-4-3-7-17-10;/h3-4,7-8,13H,5-6H2,1-2H3;1H. The van der Waals surface area contributed by atoms with E-state index in [1.54, 1.807) is 36.4 Å². The zero-order valence-corrected chi connectivity index (χ0v) is 11.6. The van der Waals surface area contributed by atoms with Crippen LogP contribution in [0, 0.1) is 0 Å². The van der Waals surface area contributed by atoms with Gasteiger partial charge in [0.25, 0.3) is 5.91 Å². The summed E-state index contributed by atoms with van der Waals surface area (Å²) in [6, 6.07) is 5.08. The summed E-state index contributed by atoms with van der Waals surface area (Å²) in [7, 11) is 3.56. The minimum atomic E-state index is -0.174. The fraction of sp³-hybridized carbons (Fsp3) is 0.333. The van der Waals surface area contributed by atoms with Crippen LogP contribution >= 0.6 is 12.4 Å². The number of carbonyl (C=O) groups is 1. The number of aromatic nitrogens is 1. The molecule has 2 aromatic rings. The van der Waals surface area contributed by atoms with E-state index in [0.717, 1.165) is 6.54 Å². The van der Waals surface area contributed by atoms with Crippen LogP contribution in [0.15, 0.2) is 33.4 Å². The molecule has 6 nitrogen and oxygen atoms in total. The smallest absolute Gasteiger partial charge is 0.275 e. The van der Waals surface area contributed by atoms with Gasteiger partial charge < -0.3 is 19.2 Å². The van der Waals surface area contributed by atoms with Gasteiger partial charge in [-0.25, -0.2) is 0 Å². The molecule has 0 unspecified atom stereocenters. The number of hydrogen-bond acceptors (Lipinski definition) is 5. The van der Waals surface area contributed by atoms with E-state index in [4.69, 9.17) is 8.94 Å². The molecule has 104 valence electrons. The molecule has 0 aliphatic carbocycles. The van der Waals surface area contributed by atoms with Crippen molar-refractivity contribution in [1.82, 2.24) is 15.4 Å². The van der Waals surface area contributed by atoms with Crippen molar-refractivity contribution in [3.05, 3.63) is 30.2 Å². The Morgan fingerprint density at radius 2 is 2.26 bits per heavy atom. The fourth-order valence-electron chi connectivity index (χ4n) is 1.49. The van der Waals surface area contributed by atoms with E-state index in [1.165, 1.54) is 0 Å². The predicted octanol–water partition coefficient (Wildman–Crippen LogP) is 1.65. The van der Waals surface area contributed by atoms with Gasteiger partial charge in [0.15, 0.2) is 11.5 Å². The van der Waals surface area contributed by atoms with Crippen LogP contribution in [0.3, 0.4) is 0 Å². The van der Waals surface area contributed by atoms with Gasteiger partial charge >= 0.3 is 0 Å². The van der Waals surface area contributed by atoms with Crippen molar-refractivity contribution >= 4 is 18.3 Å². The second kappa shape index (κ2) is 6.96. The molecule has 0 spiro atoms. The van der Waals surface area contributed by atoms with Crippen LogP contribution in [0.1, 0.15) is 10.5 Å². The maximum absolute atomic E-state index is 12.0. The number of hydrogen-bond donors (Lipinski definition) is 1. The number of nitrogens with zero attached hydrogens (tertiary/aromatic N) is 2. The molecule has 0 radical (unpaired) electrons. The number of likely N-dealkylation sites (N-methyl/N-ethyl adjacent to an activating group) is 2. The lowest BCUT2D eigenvalue weighted by atomic mass is 10.3. The molecular weight excluding hydrogens is 270 g/mol. The van der Waals surface area contributed by atoms with Crippen LogP contribution < -0.4 is 5.32 Å². The Hall–Kier alpha value is -1.79. The van der Waals surface area contributed by atoms with Gasteiger partial charge in [-0.3, -0.25) is 4.79 Å². The van der Waals surface area contributed by atoms with Gasteiger partial charge in [-0.05, 0) is 19.2 Å². The average Bonchev–Trinajstić information content (AvgIpc) is 3.04. The predicted molar refractivity (Wildman–Crippen MR) is 72.3 cm³/mol. The van der Waals surface area contributed by atoms with Crippen molar-refractivity contribution < 1.29 is 13.7 Å². The maximum atomic E-state index is 12.0. The van der Waals surface area contributed by atoms with Crippen molar-refractivity contribution in [3.63, 3.8) is 0 Å². The van der Waals surface area contributed by atoms with E-state index < -0.39 is 0 Å². The van der Waals surface area contributed by atoms with E-state index in [1.807, 2.05) is 7.05 Å². The number of carbonyl (C=O) groups excluding carboxylic acids is 1. The van der Waals surface area contributed by atoms with E-state index in [9.17, 15) is 4.79 Å². The van der Waals surface area contributed by atoms with Crippen LogP contribution in [-0.2, 0) is 0 Å². The van der Waals surface area contributed by atoms with E-state index in [0.29, 0.717) is 18.1 Å². The first kappa shape index (κ1) is 15.3. The van der Waals surface area contributed by atoms with Crippen molar-refractivity contribution in [2.75, 3.05) is 27.2 Å². The lowest BCUT2D eigenvalue weighted by Gasteiger charge is -2.14. The third kappa shape index (κ3) is 3.59. The normalized spacial score (nSPS) is 10.0. The summed E-state index contributed by atoms with van der Waals surface area (Å²) >= 11 is 0. The van der Waals surface area contributed by atoms with Gasteiger partial charge in [-0.1, -0.05) is 5.16 Å². The van der Waals surface area contributed by atoms with Gasteiger partial charge in [0.05, 0.1) is 6.26 Å². The topological polar surface area (TPSA) is 71.5 Å². The molecule has 0 atom stereocenters. The molecule has 19 heavy (non-hydrogen) atoms. The quantitative estimate of drug-likeness (QED) is 0.904. The highest BCUT2D eigenvalue weighted by atomic mass is 35.5. The summed E-state index contributed by atoms with van der Waals surface area (Å²) < 4.78 is 10.2. The molecule has 7 heteroatoms. The van der Waals surface area contributed by atoms with Crippen LogP contribution in [-0.4, -0.2) is 43.1 Å². The summed E-state index contributed by atoms with van der Waals surface area (Å²) in [6.45, 7) is 1.34. The summed E-state index contributed by atoms with van der Waals surface area (Å²) in [5, 5.41) is 6.73. The SMILES string of the molecule is CNCCN(C)C(=O)c1cc(-c2ccco2)on1.Cl. The third-order valence-corrected chi connectivity index (χ3v) is 2.54. The van der Waals surface area contributed by atoms with E-state index in [2.05, 4.69) is 10.5 Å². The molecule has 2 heterocycles. The summed E-state index contributed by atoms with van der Waals surface area (Å²) in [4.78, 5) is 13.6. The van der Waals surface area contributed by atoms with Gasteiger partial charge in [-0.15, -0.1) is 12.4 Å². The number of rotatable bonds is 5. The minimum Gasteiger partial charge on any atom is -0.461 e. The number of amides is 1. The Bertz CT molecular complexity index is 510. The Kier molecular flexibility index (Phi) is 5.59. The number of halogens is 1. The fourth-order valence-corrected chi connectivity index (χ4v) is 1.49. The maximum Gasteiger partial charge on any atom is 0.275 e. The lowest BCUT2D eigenvalue weighted by molar-refractivity contribution is 0.0786. The van der Waals surface area contributed by atoms with Crippen molar-refractivity contribution in [2.45, 2.75) is 0 Å². The Labute approximate surface area is 117 Å². The summed E-state index contributed by atoms with van der Waals surface area (Å²) in [6.07, 6.45) is 1.54. The van der Waals surface area contributed by atoms with Gasteiger partial charge in [0.2, 0.25) is 5.76 Å². The first-order valence-electron chi connectivity index (χ1n) is 5.63. The minimum absolute atomic E-state index is 0. The zero-order valence-electron chi connectivity index (χ0n) is 10.8. The molecular formula is C12H16ClN3O3. The molecule has 0 aliphatic heterocycles. The molecule has 1 N–H and O–H groups in total. The van der Waals surface area contributed by atoms with Crippen LogP contribution in [0.5, 0.6) is 0 Å². The third-order valence-electron chi connectivity index (χ3n) is 2.54. The number of furan rings is 1. The largest absolute Gasteiger partial charge is 0.461 e. The van der Waals surface area contributed by atoms with Gasteiger partial charge in [0.1, 0.15) is 0 Å². The van der Waals surface area contributed by atoms with Crippen LogP contribution in [0.25, 0.3) is 11.5 Å². The molecule has 0 saturated heterocycles. The highest BCUT2D eigenvalue weighted by Gasteiger charge is 2.18. The molecule has 0 saturated carbocycles. The first-order chi connectivity index (χ1) is 8.72. The molecule has 0 bridgehead atoms. The average molecular weight is 286 g/mol. The molecule has 2 aromatic heterocycles. The van der Waals surface area contributed by atoms with Crippen molar-refractivity contribution in [2.24, 2.45) is 0 Å². The zero-order chi connectivity index (χ0) is 13.0. The van der Waals surface area contributed by atoms with Gasteiger partial charge in [0, 0.05) is 26.2 Å². The van der Waals surface area contributed by atoms with Crippen LogP contribution in [0.4, 0.5) is 0 Å². The Balaban J connectivity index is 0.00000180. The molecule has 0 fully saturated rings. The summed E-state index contributed by atoms with van der Waals surface area (Å²) in [5.41, 5.74) is 0.278. The molecule has 2 rings (SSSR count). The second-order valence-corrected chi connectivity index (χ2v) is 3.88. The highest BCUT2D eigenvalue weighted by molar-refractivity contribution is 5.92. The number of nitrogens with one attached hydrogen (secondary N) is 1. The van der Waals surface area contributed by atoms with Crippen LogP contribution in [0.2, 0.25) is 0 Å². The molecule has 0 aliphatic rings. The Morgan fingerprint density at radius 3 is 2.89 bits per heavy atom. The van der Waals surface area contributed by atoms with Gasteiger partial charge in [-0.2, -0.15) is 0 Å². The van der Waals surface area contributed by atoms with E-state index >= 15 is 0 Å². The Morgan fingerprint density at radius 1 is 1.47 bits per heavy atom. The lowest BCUT2D eigenvalue weighted by Crippen LogP contribution is -2.32. The van der Waals surface area contributed by atoms with Crippen molar-refractivity contribution in [3.8, 4) is 11.5 Å². The molecule has 1 amide bonds. The van der Waals surface area contributed by atoms with E-state index in [-0.39, 0.29) is 24.0 Å². The summed E-state index contributed by atoms with van der Waals surface area (Å²) in [5.74, 6) is 0.830.